The largest absolute Gasteiger partial charge is 0.393 e. The summed E-state index contributed by atoms with van der Waals surface area (Å²) >= 11 is 0. The van der Waals surface area contributed by atoms with Crippen molar-refractivity contribution in [2.45, 2.75) is 19.4 Å². The molecule has 1 aliphatic heterocycles. The minimum atomic E-state index is -0.269. The van der Waals surface area contributed by atoms with E-state index in [0.29, 0.717) is 0 Å². The Labute approximate surface area is 96.6 Å². The maximum absolute atomic E-state index is 9.30. The van der Waals surface area contributed by atoms with Crippen molar-refractivity contribution >= 4 is 5.69 Å². The number of nitrogens with zero attached hydrogens (tertiary/aromatic N) is 1. The maximum Gasteiger partial charge on any atom is 0.0642 e. The van der Waals surface area contributed by atoms with Gasteiger partial charge in [-0.3, -0.25) is 0 Å². The Hall–Kier alpha value is -1.06. The molecule has 0 amide bonds. The Morgan fingerprint density at radius 1 is 1.25 bits per heavy atom. The van der Waals surface area contributed by atoms with Crippen LogP contribution in [0.4, 0.5) is 5.69 Å². The fourth-order valence-electron chi connectivity index (χ4n) is 2.01. The topological polar surface area (TPSA) is 32.7 Å². The monoisotopic (exact) mass is 221 g/mol. The van der Waals surface area contributed by atoms with Crippen LogP contribution in [0.3, 0.4) is 0 Å². The fourth-order valence-corrected chi connectivity index (χ4v) is 2.01. The van der Waals surface area contributed by atoms with Crippen LogP contribution in [0.15, 0.2) is 24.3 Å². The molecule has 0 aromatic heterocycles. The van der Waals surface area contributed by atoms with E-state index in [1.54, 1.807) is 0 Å². The van der Waals surface area contributed by atoms with E-state index >= 15 is 0 Å². The first-order valence-corrected chi connectivity index (χ1v) is 5.85. The van der Waals surface area contributed by atoms with Gasteiger partial charge in [0.1, 0.15) is 0 Å². The lowest BCUT2D eigenvalue weighted by atomic mass is 10.1. The number of anilines is 1. The van der Waals surface area contributed by atoms with Crippen molar-refractivity contribution in [3.05, 3.63) is 29.8 Å². The zero-order valence-electron chi connectivity index (χ0n) is 9.72. The van der Waals surface area contributed by atoms with Crippen molar-refractivity contribution in [1.29, 1.82) is 0 Å². The molecule has 3 nitrogen and oxygen atoms in total. The van der Waals surface area contributed by atoms with Crippen LogP contribution in [-0.2, 0) is 11.2 Å². The minimum Gasteiger partial charge on any atom is -0.393 e. The van der Waals surface area contributed by atoms with Crippen molar-refractivity contribution < 1.29 is 9.84 Å². The number of morpholine rings is 1. The summed E-state index contributed by atoms with van der Waals surface area (Å²) in [5, 5.41) is 9.30. The van der Waals surface area contributed by atoms with Gasteiger partial charge in [-0.25, -0.2) is 0 Å². The van der Waals surface area contributed by atoms with E-state index in [-0.39, 0.29) is 6.10 Å². The summed E-state index contributed by atoms with van der Waals surface area (Å²) in [6.07, 6.45) is 0.456. The maximum atomic E-state index is 9.30. The van der Waals surface area contributed by atoms with Crippen molar-refractivity contribution in [2.24, 2.45) is 0 Å². The summed E-state index contributed by atoms with van der Waals surface area (Å²) < 4.78 is 5.32. The van der Waals surface area contributed by atoms with E-state index in [4.69, 9.17) is 4.74 Å². The molecule has 0 aliphatic carbocycles. The number of rotatable bonds is 3. The Morgan fingerprint density at radius 2 is 1.88 bits per heavy atom. The number of hydrogen-bond donors (Lipinski definition) is 1. The summed E-state index contributed by atoms with van der Waals surface area (Å²) in [7, 11) is 0. The van der Waals surface area contributed by atoms with Gasteiger partial charge >= 0.3 is 0 Å². The molecule has 0 saturated carbocycles. The molecular weight excluding hydrogens is 202 g/mol. The molecule has 1 fully saturated rings. The molecule has 2 rings (SSSR count). The van der Waals surface area contributed by atoms with Crippen molar-refractivity contribution in [3.63, 3.8) is 0 Å². The summed E-state index contributed by atoms with van der Waals surface area (Å²) in [5.74, 6) is 0. The SMILES string of the molecule is C[C@H](O)Cc1ccc(N2CCOCC2)cc1. The average molecular weight is 221 g/mol. The molecule has 0 spiro atoms. The second kappa shape index (κ2) is 5.32. The average Bonchev–Trinajstić information content (AvgIpc) is 2.30. The van der Waals surface area contributed by atoms with Crippen LogP contribution in [0.2, 0.25) is 0 Å². The van der Waals surface area contributed by atoms with Crippen molar-refractivity contribution in [3.8, 4) is 0 Å². The predicted octanol–water partition coefficient (Wildman–Crippen LogP) is 1.45. The van der Waals surface area contributed by atoms with Gasteiger partial charge in [-0.2, -0.15) is 0 Å². The zero-order chi connectivity index (χ0) is 11.4. The molecule has 0 radical (unpaired) electrons. The van der Waals surface area contributed by atoms with Crippen LogP contribution in [0.5, 0.6) is 0 Å². The number of benzene rings is 1. The summed E-state index contributed by atoms with van der Waals surface area (Å²) in [6.45, 7) is 5.38. The first-order chi connectivity index (χ1) is 7.75. The van der Waals surface area contributed by atoms with Crippen molar-refractivity contribution in [1.82, 2.24) is 0 Å². The van der Waals surface area contributed by atoms with Crippen LogP contribution < -0.4 is 4.90 Å². The lowest BCUT2D eigenvalue weighted by molar-refractivity contribution is 0.122. The molecule has 1 aromatic rings. The van der Waals surface area contributed by atoms with Gasteiger partial charge < -0.3 is 14.7 Å². The van der Waals surface area contributed by atoms with E-state index in [2.05, 4.69) is 29.2 Å². The van der Waals surface area contributed by atoms with Gasteiger partial charge in [0.15, 0.2) is 0 Å². The molecule has 1 saturated heterocycles. The van der Waals surface area contributed by atoms with E-state index in [1.165, 1.54) is 11.3 Å². The smallest absolute Gasteiger partial charge is 0.0642 e. The first kappa shape index (κ1) is 11.4. The van der Waals surface area contributed by atoms with Gasteiger partial charge in [0.25, 0.3) is 0 Å². The van der Waals surface area contributed by atoms with Gasteiger partial charge in [0, 0.05) is 18.8 Å². The second-order valence-electron chi connectivity index (χ2n) is 4.32. The fraction of sp³-hybridized carbons (Fsp3) is 0.538. The summed E-state index contributed by atoms with van der Waals surface area (Å²) in [6, 6.07) is 8.45. The Morgan fingerprint density at radius 3 is 2.44 bits per heavy atom. The highest BCUT2D eigenvalue weighted by Gasteiger charge is 2.10. The Balaban J connectivity index is 2.00. The number of hydrogen-bond acceptors (Lipinski definition) is 3. The van der Waals surface area contributed by atoms with Gasteiger partial charge in [0.05, 0.1) is 19.3 Å². The van der Waals surface area contributed by atoms with E-state index in [1.807, 2.05) is 6.92 Å². The molecule has 1 N–H and O–H groups in total. The molecule has 1 atom stereocenters. The third-order valence-electron chi connectivity index (χ3n) is 2.84. The molecule has 1 aliphatic rings. The molecule has 1 heterocycles. The van der Waals surface area contributed by atoms with Gasteiger partial charge in [-0.1, -0.05) is 12.1 Å². The molecule has 3 heteroatoms. The first-order valence-electron chi connectivity index (χ1n) is 5.85. The molecule has 0 unspecified atom stereocenters. The molecule has 1 aromatic carbocycles. The number of aliphatic hydroxyl groups excluding tert-OH is 1. The van der Waals surface area contributed by atoms with E-state index in [0.717, 1.165) is 32.7 Å². The second-order valence-corrected chi connectivity index (χ2v) is 4.32. The highest BCUT2D eigenvalue weighted by molar-refractivity contribution is 5.47. The lowest BCUT2D eigenvalue weighted by Crippen LogP contribution is -2.36. The Bertz CT molecular complexity index is 315. The van der Waals surface area contributed by atoms with Gasteiger partial charge in [-0.05, 0) is 31.0 Å². The number of aliphatic hydroxyl groups is 1. The molecule has 0 bridgehead atoms. The summed E-state index contributed by atoms with van der Waals surface area (Å²) in [4.78, 5) is 2.33. The zero-order valence-corrected chi connectivity index (χ0v) is 9.72. The third kappa shape index (κ3) is 2.97. The molecule has 88 valence electrons. The lowest BCUT2D eigenvalue weighted by Gasteiger charge is -2.29. The highest BCUT2D eigenvalue weighted by Crippen LogP contribution is 2.17. The van der Waals surface area contributed by atoms with E-state index < -0.39 is 0 Å². The van der Waals surface area contributed by atoms with Crippen LogP contribution >= 0.6 is 0 Å². The van der Waals surface area contributed by atoms with Gasteiger partial charge in [-0.15, -0.1) is 0 Å². The van der Waals surface area contributed by atoms with Crippen LogP contribution in [-0.4, -0.2) is 37.5 Å². The van der Waals surface area contributed by atoms with Crippen LogP contribution in [0.25, 0.3) is 0 Å². The predicted molar refractivity (Wildman–Crippen MR) is 64.9 cm³/mol. The number of ether oxygens (including phenoxy) is 1. The summed E-state index contributed by atoms with van der Waals surface area (Å²) in [5.41, 5.74) is 2.43. The van der Waals surface area contributed by atoms with Crippen molar-refractivity contribution in [2.75, 3.05) is 31.2 Å². The Kier molecular flexibility index (Phi) is 3.80. The third-order valence-corrected chi connectivity index (χ3v) is 2.84. The van der Waals surface area contributed by atoms with Crippen LogP contribution in [0.1, 0.15) is 12.5 Å². The highest BCUT2D eigenvalue weighted by atomic mass is 16.5. The van der Waals surface area contributed by atoms with Crippen LogP contribution in [0, 0.1) is 0 Å². The van der Waals surface area contributed by atoms with E-state index in [9.17, 15) is 5.11 Å². The minimum absolute atomic E-state index is 0.269. The molecular formula is C13H19NO2. The van der Waals surface area contributed by atoms with Gasteiger partial charge in [0.2, 0.25) is 0 Å². The normalized spacial score (nSPS) is 18.5. The standard InChI is InChI=1S/C13H19NO2/c1-11(15)10-12-2-4-13(5-3-12)14-6-8-16-9-7-14/h2-5,11,15H,6-10H2,1H3/t11-/m0/s1. The quantitative estimate of drug-likeness (QED) is 0.838. The molecule has 16 heavy (non-hydrogen) atoms.